The molecule has 0 aliphatic rings. The first-order valence-corrected chi connectivity index (χ1v) is 6.70. The molecule has 5 heteroatoms. The molecule has 0 aromatic carbocycles. The third-order valence-electron chi connectivity index (χ3n) is 2.99. The molecule has 5 nitrogen and oxygen atoms in total. The summed E-state index contributed by atoms with van der Waals surface area (Å²) in [5.74, 6) is -0.535. The molecule has 0 bridgehead atoms. The standard InChI is InChI=1S/C14H27NO4/c1-10(2)6-11(7-13(17)18)9-15-12(16)8-14(3,4)19-5/h10-11H,6-9H2,1-5H3,(H,15,16)(H,17,18)/t11-/m0/s1. The molecule has 0 spiro atoms. The van der Waals surface area contributed by atoms with Crippen LogP contribution in [0.25, 0.3) is 0 Å². The van der Waals surface area contributed by atoms with Crippen LogP contribution in [0, 0.1) is 11.8 Å². The second kappa shape index (κ2) is 8.15. The van der Waals surface area contributed by atoms with Crippen molar-refractivity contribution in [3.63, 3.8) is 0 Å². The van der Waals surface area contributed by atoms with E-state index in [1.54, 1.807) is 7.11 Å². The van der Waals surface area contributed by atoms with Crippen LogP contribution in [-0.2, 0) is 14.3 Å². The monoisotopic (exact) mass is 273 g/mol. The third kappa shape index (κ3) is 9.47. The van der Waals surface area contributed by atoms with Gasteiger partial charge in [-0.2, -0.15) is 0 Å². The second-order valence-corrected chi connectivity index (χ2v) is 6.04. The van der Waals surface area contributed by atoms with Gasteiger partial charge in [-0.05, 0) is 32.1 Å². The van der Waals surface area contributed by atoms with Crippen molar-refractivity contribution in [2.24, 2.45) is 11.8 Å². The highest BCUT2D eigenvalue weighted by atomic mass is 16.5. The van der Waals surface area contributed by atoms with E-state index in [4.69, 9.17) is 9.84 Å². The predicted molar refractivity (Wildman–Crippen MR) is 73.9 cm³/mol. The van der Waals surface area contributed by atoms with E-state index in [1.807, 2.05) is 27.7 Å². The molecule has 0 aliphatic heterocycles. The highest BCUT2D eigenvalue weighted by Crippen LogP contribution is 2.16. The number of ether oxygens (including phenoxy) is 1. The smallest absolute Gasteiger partial charge is 0.303 e. The molecule has 19 heavy (non-hydrogen) atoms. The number of amides is 1. The lowest BCUT2D eigenvalue weighted by Gasteiger charge is -2.23. The Kier molecular flexibility index (Phi) is 7.68. The maximum Gasteiger partial charge on any atom is 0.303 e. The lowest BCUT2D eigenvalue weighted by molar-refractivity contribution is -0.138. The number of carboxylic acids is 1. The summed E-state index contributed by atoms with van der Waals surface area (Å²) in [6.45, 7) is 8.18. The van der Waals surface area contributed by atoms with Crippen LogP contribution in [0.3, 0.4) is 0 Å². The Hall–Kier alpha value is -1.10. The molecular weight excluding hydrogens is 246 g/mol. The summed E-state index contributed by atoms with van der Waals surface area (Å²) >= 11 is 0. The fraction of sp³-hybridized carbons (Fsp3) is 0.857. The van der Waals surface area contributed by atoms with E-state index in [9.17, 15) is 9.59 Å². The molecule has 0 heterocycles. The Morgan fingerprint density at radius 1 is 1.32 bits per heavy atom. The zero-order chi connectivity index (χ0) is 15.1. The highest BCUT2D eigenvalue weighted by molar-refractivity contribution is 5.77. The summed E-state index contributed by atoms with van der Waals surface area (Å²) in [4.78, 5) is 22.5. The molecule has 2 N–H and O–H groups in total. The Balaban J connectivity index is 4.23. The Morgan fingerprint density at radius 2 is 1.89 bits per heavy atom. The normalized spacial score (nSPS) is 13.4. The number of hydrogen-bond donors (Lipinski definition) is 2. The molecule has 0 unspecified atom stereocenters. The average Bonchev–Trinajstić information content (AvgIpc) is 2.24. The quantitative estimate of drug-likeness (QED) is 0.674. The van der Waals surface area contributed by atoms with Crippen molar-refractivity contribution < 1.29 is 19.4 Å². The summed E-state index contributed by atoms with van der Waals surface area (Å²) in [6, 6.07) is 0. The van der Waals surface area contributed by atoms with Gasteiger partial charge in [0, 0.05) is 20.1 Å². The van der Waals surface area contributed by atoms with Gasteiger partial charge in [-0.15, -0.1) is 0 Å². The maximum atomic E-state index is 11.8. The van der Waals surface area contributed by atoms with Crippen LogP contribution in [0.5, 0.6) is 0 Å². The molecule has 0 aromatic rings. The number of aliphatic carboxylic acids is 1. The van der Waals surface area contributed by atoms with Crippen molar-refractivity contribution in [2.75, 3.05) is 13.7 Å². The van der Waals surface area contributed by atoms with Crippen molar-refractivity contribution in [3.05, 3.63) is 0 Å². The fourth-order valence-corrected chi connectivity index (χ4v) is 1.93. The van der Waals surface area contributed by atoms with Crippen molar-refractivity contribution >= 4 is 11.9 Å². The van der Waals surface area contributed by atoms with E-state index in [1.165, 1.54) is 0 Å². The summed E-state index contributed by atoms with van der Waals surface area (Å²) in [6.07, 6.45) is 1.15. The summed E-state index contributed by atoms with van der Waals surface area (Å²) in [5, 5.41) is 11.7. The minimum atomic E-state index is -0.822. The molecule has 0 aliphatic carbocycles. The minimum absolute atomic E-state index is 0.0212. The average molecular weight is 273 g/mol. The van der Waals surface area contributed by atoms with E-state index in [0.29, 0.717) is 12.5 Å². The SMILES string of the molecule is COC(C)(C)CC(=O)NC[C@H](CC(=O)O)CC(C)C. The van der Waals surface area contributed by atoms with Gasteiger partial charge >= 0.3 is 5.97 Å². The molecule has 0 aromatic heterocycles. The van der Waals surface area contributed by atoms with Gasteiger partial charge in [-0.1, -0.05) is 13.8 Å². The van der Waals surface area contributed by atoms with Crippen molar-refractivity contribution in [1.82, 2.24) is 5.32 Å². The lowest BCUT2D eigenvalue weighted by Crippen LogP contribution is -2.36. The fourth-order valence-electron chi connectivity index (χ4n) is 1.93. The first kappa shape index (κ1) is 17.9. The van der Waals surface area contributed by atoms with Gasteiger partial charge in [0.2, 0.25) is 5.91 Å². The Bertz CT molecular complexity index is 300. The number of carbonyl (C=O) groups is 2. The third-order valence-corrected chi connectivity index (χ3v) is 2.99. The number of carboxylic acid groups (broad SMARTS) is 1. The van der Waals surface area contributed by atoms with Gasteiger partial charge in [0.15, 0.2) is 0 Å². The molecule has 0 radical (unpaired) electrons. The van der Waals surface area contributed by atoms with Gasteiger partial charge in [0.25, 0.3) is 0 Å². The highest BCUT2D eigenvalue weighted by Gasteiger charge is 2.22. The van der Waals surface area contributed by atoms with Crippen LogP contribution >= 0.6 is 0 Å². The maximum absolute atomic E-state index is 11.8. The molecule has 0 saturated carbocycles. The molecule has 112 valence electrons. The van der Waals surface area contributed by atoms with E-state index >= 15 is 0 Å². The molecule has 0 rings (SSSR count). The molecule has 0 saturated heterocycles. The summed E-state index contributed by atoms with van der Waals surface area (Å²) in [7, 11) is 1.57. The number of hydrogen-bond acceptors (Lipinski definition) is 3. The van der Waals surface area contributed by atoms with Crippen LogP contribution in [0.15, 0.2) is 0 Å². The number of methoxy groups -OCH3 is 1. The first-order chi connectivity index (χ1) is 8.66. The summed E-state index contributed by atoms with van der Waals surface area (Å²) in [5.41, 5.74) is -0.496. The Labute approximate surface area is 115 Å². The van der Waals surface area contributed by atoms with Gasteiger partial charge in [-0.3, -0.25) is 9.59 Å². The largest absolute Gasteiger partial charge is 0.481 e. The zero-order valence-corrected chi connectivity index (χ0v) is 12.7. The second-order valence-electron chi connectivity index (χ2n) is 6.04. The van der Waals surface area contributed by atoms with Crippen LogP contribution < -0.4 is 5.32 Å². The molecule has 0 fully saturated rings. The van der Waals surface area contributed by atoms with Crippen LogP contribution in [0.2, 0.25) is 0 Å². The van der Waals surface area contributed by atoms with Crippen molar-refractivity contribution in [2.45, 2.75) is 52.6 Å². The van der Waals surface area contributed by atoms with Crippen LogP contribution in [0.1, 0.15) is 47.0 Å². The molecular formula is C14H27NO4. The van der Waals surface area contributed by atoms with Crippen molar-refractivity contribution in [1.29, 1.82) is 0 Å². The lowest BCUT2D eigenvalue weighted by atomic mass is 9.94. The van der Waals surface area contributed by atoms with Crippen molar-refractivity contribution in [3.8, 4) is 0 Å². The van der Waals surface area contributed by atoms with E-state index in [-0.39, 0.29) is 24.7 Å². The van der Waals surface area contributed by atoms with E-state index in [2.05, 4.69) is 5.32 Å². The van der Waals surface area contributed by atoms with Gasteiger partial charge in [0.05, 0.1) is 12.0 Å². The van der Waals surface area contributed by atoms with E-state index < -0.39 is 11.6 Å². The zero-order valence-electron chi connectivity index (χ0n) is 12.7. The topological polar surface area (TPSA) is 75.6 Å². The van der Waals surface area contributed by atoms with Crippen LogP contribution in [-0.4, -0.2) is 36.2 Å². The number of rotatable bonds is 9. The number of carbonyl (C=O) groups excluding carboxylic acids is 1. The van der Waals surface area contributed by atoms with Gasteiger partial charge in [0.1, 0.15) is 0 Å². The van der Waals surface area contributed by atoms with Gasteiger partial charge < -0.3 is 15.2 Å². The molecule has 1 atom stereocenters. The van der Waals surface area contributed by atoms with Gasteiger partial charge in [-0.25, -0.2) is 0 Å². The molecule has 1 amide bonds. The predicted octanol–water partition coefficient (Wildman–Crippen LogP) is 2.05. The number of nitrogens with one attached hydrogen (secondary N) is 1. The minimum Gasteiger partial charge on any atom is -0.481 e. The Morgan fingerprint density at radius 3 is 2.32 bits per heavy atom. The van der Waals surface area contributed by atoms with Crippen LogP contribution in [0.4, 0.5) is 0 Å². The summed E-state index contributed by atoms with van der Waals surface area (Å²) < 4.78 is 5.19. The first-order valence-electron chi connectivity index (χ1n) is 6.70. The van der Waals surface area contributed by atoms with E-state index in [0.717, 1.165) is 6.42 Å².